The van der Waals surface area contributed by atoms with Crippen molar-refractivity contribution >= 4 is 11.8 Å². The monoisotopic (exact) mass is 297 g/mol. The van der Waals surface area contributed by atoms with Gasteiger partial charge in [-0.05, 0) is 17.8 Å². The van der Waals surface area contributed by atoms with Crippen molar-refractivity contribution in [1.82, 2.24) is 9.80 Å². The number of nitrogens with two attached hydrogens (primary N) is 1. The molecule has 0 aromatic carbocycles. The van der Waals surface area contributed by atoms with Gasteiger partial charge in [-0.25, -0.2) is 0 Å². The highest BCUT2D eigenvalue weighted by Crippen LogP contribution is 2.33. The predicted octanol–water partition coefficient (Wildman–Crippen LogP) is 1.32. The van der Waals surface area contributed by atoms with Gasteiger partial charge in [0.1, 0.15) is 0 Å². The Bertz CT molecular complexity index is 366. The lowest BCUT2D eigenvalue weighted by molar-refractivity contribution is -0.144. The van der Waals surface area contributed by atoms with Gasteiger partial charge in [0.15, 0.2) is 0 Å². The molecule has 0 saturated carbocycles. The summed E-state index contributed by atoms with van der Waals surface area (Å²) >= 11 is 0. The van der Waals surface area contributed by atoms with E-state index >= 15 is 0 Å². The molecule has 5 nitrogen and oxygen atoms in total. The number of rotatable bonds is 4. The zero-order chi connectivity index (χ0) is 16.2. The van der Waals surface area contributed by atoms with Gasteiger partial charge in [0, 0.05) is 32.1 Å². The van der Waals surface area contributed by atoms with E-state index in [-0.39, 0.29) is 29.7 Å². The maximum atomic E-state index is 12.8. The lowest BCUT2D eigenvalue weighted by Gasteiger charge is -2.39. The Balaban J connectivity index is 2.68. The van der Waals surface area contributed by atoms with Crippen molar-refractivity contribution in [1.29, 1.82) is 0 Å². The van der Waals surface area contributed by atoms with E-state index in [0.29, 0.717) is 32.1 Å². The standard InChI is InChI=1S/C16H31N3O2/c1-12(2)10-13(16(3,4)5)15(21)19-8-6-18(7-9-19)14(20)11-17/h12-13H,6-11,17H2,1-5H3. The largest absolute Gasteiger partial charge is 0.339 e. The SMILES string of the molecule is CC(C)CC(C(=O)N1CCN(C(=O)CN)CC1)C(C)(C)C. The fraction of sp³-hybridized carbons (Fsp3) is 0.875. The molecule has 0 aromatic rings. The van der Waals surface area contributed by atoms with Crippen LogP contribution in [-0.2, 0) is 9.59 Å². The molecule has 1 heterocycles. The molecule has 1 fully saturated rings. The van der Waals surface area contributed by atoms with E-state index in [1.54, 1.807) is 4.90 Å². The van der Waals surface area contributed by atoms with Gasteiger partial charge in [-0.2, -0.15) is 0 Å². The maximum absolute atomic E-state index is 12.8. The van der Waals surface area contributed by atoms with Crippen LogP contribution < -0.4 is 5.73 Å². The zero-order valence-electron chi connectivity index (χ0n) is 14.2. The summed E-state index contributed by atoms with van der Waals surface area (Å²) in [6.07, 6.45) is 0.907. The summed E-state index contributed by atoms with van der Waals surface area (Å²) in [5.74, 6) is 0.736. The Morgan fingerprint density at radius 1 is 1.05 bits per heavy atom. The van der Waals surface area contributed by atoms with Crippen molar-refractivity contribution in [2.24, 2.45) is 23.0 Å². The number of carbonyl (C=O) groups is 2. The van der Waals surface area contributed by atoms with Gasteiger partial charge in [0.05, 0.1) is 6.54 Å². The van der Waals surface area contributed by atoms with Crippen molar-refractivity contribution in [2.45, 2.75) is 41.0 Å². The first-order valence-corrected chi connectivity index (χ1v) is 7.93. The average molecular weight is 297 g/mol. The highest BCUT2D eigenvalue weighted by atomic mass is 16.2. The highest BCUT2D eigenvalue weighted by molar-refractivity contribution is 5.81. The average Bonchev–Trinajstić information content (AvgIpc) is 2.42. The Labute approximate surface area is 128 Å². The lowest BCUT2D eigenvalue weighted by Crippen LogP contribution is -2.54. The van der Waals surface area contributed by atoms with Crippen LogP contribution in [0.2, 0.25) is 0 Å². The molecule has 0 aromatic heterocycles. The molecule has 5 heteroatoms. The van der Waals surface area contributed by atoms with Gasteiger partial charge in [-0.3, -0.25) is 9.59 Å². The van der Waals surface area contributed by atoms with Crippen LogP contribution in [0.15, 0.2) is 0 Å². The van der Waals surface area contributed by atoms with E-state index in [1.165, 1.54) is 0 Å². The van der Waals surface area contributed by atoms with Crippen LogP contribution in [-0.4, -0.2) is 54.3 Å². The van der Waals surface area contributed by atoms with Gasteiger partial charge < -0.3 is 15.5 Å². The molecule has 0 bridgehead atoms. The molecule has 1 rings (SSSR count). The fourth-order valence-corrected chi connectivity index (χ4v) is 2.82. The summed E-state index contributed by atoms with van der Waals surface area (Å²) in [5, 5.41) is 0. The summed E-state index contributed by atoms with van der Waals surface area (Å²) in [6.45, 7) is 13.2. The molecular weight excluding hydrogens is 266 g/mol. The third-order valence-corrected chi connectivity index (χ3v) is 4.17. The van der Waals surface area contributed by atoms with E-state index in [2.05, 4.69) is 34.6 Å². The molecule has 1 saturated heterocycles. The van der Waals surface area contributed by atoms with Crippen molar-refractivity contribution < 1.29 is 9.59 Å². The zero-order valence-corrected chi connectivity index (χ0v) is 14.2. The van der Waals surface area contributed by atoms with E-state index < -0.39 is 0 Å². The highest BCUT2D eigenvalue weighted by Gasteiger charge is 2.35. The number of hydrogen-bond donors (Lipinski definition) is 1. The third-order valence-electron chi connectivity index (χ3n) is 4.17. The fourth-order valence-electron chi connectivity index (χ4n) is 2.82. The van der Waals surface area contributed by atoms with Gasteiger partial charge in [0.25, 0.3) is 0 Å². The Kier molecular flexibility index (Phi) is 6.20. The summed E-state index contributed by atoms with van der Waals surface area (Å²) < 4.78 is 0. The summed E-state index contributed by atoms with van der Waals surface area (Å²) in [5.41, 5.74) is 5.35. The molecule has 122 valence electrons. The predicted molar refractivity (Wildman–Crippen MR) is 84.6 cm³/mol. The first-order valence-electron chi connectivity index (χ1n) is 7.93. The van der Waals surface area contributed by atoms with Crippen LogP contribution in [0.1, 0.15) is 41.0 Å². The molecule has 0 spiro atoms. The summed E-state index contributed by atoms with van der Waals surface area (Å²) in [7, 11) is 0. The van der Waals surface area contributed by atoms with Gasteiger partial charge in [-0.15, -0.1) is 0 Å². The Morgan fingerprint density at radius 2 is 1.52 bits per heavy atom. The van der Waals surface area contributed by atoms with Gasteiger partial charge >= 0.3 is 0 Å². The minimum absolute atomic E-state index is 0.0309. The molecule has 1 atom stereocenters. The number of amides is 2. The Hall–Kier alpha value is -1.10. The quantitative estimate of drug-likeness (QED) is 0.851. The Morgan fingerprint density at radius 3 is 1.90 bits per heavy atom. The lowest BCUT2D eigenvalue weighted by atomic mass is 9.75. The molecule has 21 heavy (non-hydrogen) atoms. The van der Waals surface area contributed by atoms with Crippen LogP contribution in [0, 0.1) is 17.3 Å². The molecule has 1 aliphatic heterocycles. The van der Waals surface area contributed by atoms with E-state index in [4.69, 9.17) is 5.73 Å². The molecule has 2 amide bonds. The minimum Gasteiger partial charge on any atom is -0.339 e. The van der Waals surface area contributed by atoms with E-state index in [9.17, 15) is 9.59 Å². The van der Waals surface area contributed by atoms with Crippen molar-refractivity contribution in [3.63, 3.8) is 0 Å². The van der Waals surface area contributed by atoms with Gasteiger partial charge in [0.2, 0.25) is 11.8 Å². The van der Waals surface area contributed by atoms with Crippen LogP contribution in [0.3, 0.4) is 0 Å². The molecule has 2 N–H and O–H groups in total. The number of nitrogens with zero attached hydrogens (tertiary/aromatic N) is 2. The molecule has 0 radical (unpaired) electrons. The molecular formula is C16H31N3O2. The van der Waals surface area contributed by atoms with Crippen LogP contribution in [0.5, 0.6) is 0 Å². The second-order valence-corrected chi connectivity index (χ2v) is 7.46. The van der Waals surface area contributed by atoms with Crippen molar-refractivity contribution in [2.75, 3.05) is 32.7 Å². The summed E-state index contributed by atoms with van der Waals surface area (Å²) in [6, 6.07) is 0. The van der Waals surface area contributed by atoms with E-state index in [0.717, 1.165) is 6.42 Å². The van der Waals surface area contributed by atoms with Crippen molar-refractivity contribution in [3.8, 4) is 0 Å². The number of piperazine rings is 1. The summed E-state index contributed by atoms with van der Waals surface area (Å²) in [4.78, 5) is 28.1. The number of hydrogen-bond acceptors (Lipinski definition) is 3. The van der Waals surface area contributed by atoms with Crippen LogP contribution >= 0.6 is 0 Å². The van der Waals surface area contributed by atoms with Crippen molar-refractivity contribution in [3.05, 3.63) is 0 Å². The second kappa shape index (κ2) is 7.25. The second-order valence-electron chi connectivity index (χ2n) is 7.46. The maximum Gasteiger partial charge on any atom is 0.236 e. The van der Waals surface area contributed by atoms with Crippen LogP contribution in [0.25, 0.3) is 0 Å². The number of carbonyl (C=O) groups excluding carboxylic acids is 2. The van der Waals surface area contributed by atoms with Crippen LogP contribution in [0.4, 0.5) is 0 Å². The molecule has 1 unspecified atom stereocenters. The first-order chi connectivity index (χ1) is 9.66. The minimum atomic E-state index is -0.0361. The van der Waals surface area contributed by atoms with Gasteiger partial charge in [-0.1, -0.05) is 34.6 Å². The first kappa shape index (κ1) is 18.0. The normalized spacial score (nSPS) is 18.0. The van der Waals surface area contributed by atoms with E-state index in [1.807, 2.05) is 4.90 Å². The molecule has 0 aliphatic carbocycles. The smallest absolute Gasteiger partial charge is 0.236 e. The topological polar surface area (TPSA) is 66.6 Å². The third kappa shape index (κ3) is 4.99. The molecule has 1 aliphatic rings.